The maximum atomic E-state index is 2.38. The molecule has 0 fully saturated rings. The summed E-state index contributed by atoms with van der Waals surface area (Å²) in [6.45, 7) is 0. The number of hydrogen-bond acceptors (Lipinski definition) is 0. The average Bonchev–Trinajstić information content (AvgIpc) is 2.65. The van der Waals surface area contributed by atoms with E-state index in [2.05, 4.69) is 85.0 Å². The van der Waals surface area contributed by atoms with Gasteiger partial charge in [-0.2, -0.15) is 0 Å². The molecule has 24 heavy (non-hydrogen) atoms. The van der Waals surface area contributed by atoms with Crippen molar-refractivity contribution >= 4 is 23.3 Å². The van der Waals surface area contributed by atoms with Crippen LogP contribution in [0.25, 0.3) is 23.3 Å². The first kappa shape index (κ1) is 12.5. The summed E-state index contributed by atoms with van der Waals surface area (Å²) < 4.78 is 0. The molecular weight excluding hydrogens is 288 g/mol. The van der Waals surface area contributed by atoms with Crippen molar-refractivity contribution in [3.8, 4) is 0 Å². The molecule has 4 aliphatic rings. The van der Waals surface area contributed by atoms with E-state index in [-0.39, 0.29) is 0 Å². The lowest BCUT2D eigenvalue weighted by molar-refractivity contribution is 0.644. The Morgan fingerprint density at radius 1 is 0.542 bits per heavy atom. The standard InChI is InChI=1S/C24H16/c1-3-7-19-15(5-1)13-17-9-10-18-14-16-6-2-4-8-20(16)22-12-11-21(19)23(17)24(18)22/h1-14,23-24H/t23-,24-/m1/s1. The third-order valence-corrected chi connectivity index (χ3v) is 5.82. The monoisotopic (exact) mass is 304 g/mol. The van der Waals surface area contributed by atoms with Gasteiger partial charge in [0.25, 0.3) is 0 Å². The van der Waals surface area contributed by atoms with Crippen molar-refractivity contribution in [2.75, 3.05) is 0 Å². The second kappa shape index (κ2) is 4.36. The van der Waals surface area contributed by atoms with Crippen LogP contribution in [0.15, 0.2) is 84.0 Å². The quantitative estimate of drug-likeness (QED) is 0.580. The van der Waals surface area contributed by atoms with Gasteiger partial charge in [0.2, 0.25) is 0 Å². The summed E-state index contributed by atoms with van der Waals surface area (Å²) in [5.41, 5.74) is 11.3. The number of hydrogen-bond donors (Lipinski definition) is 0. The zero-order chi connectivity index (χ0) is 15.7. The minimum absolute atomic E-state index is 0.463. The van der Waals surface area contributed by atoms with E-state index in [1.54, 1.807) is 0 Å². The van der Waals surface area contributed by atoms with Gasteiger partial charge in [-0.25, -0.2) is 0 Å². The van der Waals surface area contributed by atoms with Crippen molar-refractivity contribution in [3.05, 3.63) is 106 Å². The summed E-state index contributed by atoms with van der Waals surface area (Å²) in [4.78, 5) is 0. The minimum atomic E-state index is 0.463. The zero-order valence-electron chi connectivity index (χ0n) is 13.2. The van der Waals surface area contributed by atoms with Crippen LogP contribution < -0.4 is 0 Å². The van der Waals surface area contributed by atoms with E-state index >= 15 is 0 Å². The lowest BCUT2D eigenvalue weighted by atomic mass is 9.60. The average molecular weight is 304 g/mol. The fourth-order valence-corrected chi connectivity index (χ4v) is 4.81. The third-order valence-electron chi connectivity index (χ3n) is 5.82. The Hall–Kier alpha value is -2.86. The van der Waals surface area contributed by atoms with Gasteiger partial charge in [0.05, 0.1) is 0 Å². The van der Waals surface area contributed by atoms with Crippen molar-refractivity contribution in [3.63, 3.8) is 0 Å². The minimum Gasteiger partial charge on any atom is -0.0616 e. The Kier molecular flexibility index (Phi) is 2.28. The molecule has 0 saturated heterocycles. The molecule has 0 heterocycles. The number of allylic oxidation sites excluding steroid dienone is 8. The van der Waals surface area contributed by atoms with E-state index in [4.69, 9.17) is 0 Å². The molecule has 2 aromatic carbocycles. The topological polar surface area (TPSA) is 0 Å². The Bertz CT molecular complexity index is 967. The van der Waals surface area contributed by atoms with Gasteiger partial charge >= 0.3 is 0 Å². The maximum Gasteiger partial charge on any atom is 0.0205 e. The fourth-order valence-electron chi connectivity index (χ4n) is 4.81. The van der Waals surface area contributed by atoms with Crippen LogP contribution in [-0.2, 0) is 0 Å². The number of fused-ring (bicyclic) bond motifs is 4. The Morgan fingerprint density at radius 3 is 1.50 bits per heavy atom. The molecule has 0 aliphatic heterocycles. The highest BCUT2D eigenvalue weighted by molar-refractivity contribution is 5.95. The second-order valence-electron chi connectivity index (χ2n) is 7.00. The fraction of sp³-hybridized carbons (Fsp3) is 0.0833. The zero-order valence-corrected chi connectivity index (χ0v) is 13.2. The SMILES string of the molecule is C1=CC2=Cc3ccccc3C3=CC=C4c5ccccc5C=C1[C@H]4[C@H]23. The van der Waals surface area contributed by atoms with Crippen LogP contribution in [0.3, 0.4) is 0 Å². The number of benzene rings is 2. The van der Waals surface area contributed by atoms with Gasteiger partial charge in [-0.05, 0) is 44.5 Å². The molecule has 0 radical (unpaired) electrons. The van der Waals surface area contributed by atoms with Gasteiger partial charge in [0.15, 0.2) is 0 Å². The van der Waals surface area contributed by atoms with Gasteiger partial charge in [-0.1, -0.05) is 85.0 Å². The van der Waals surface area contributed by atoms with Crippen LogP contribution >= 0.6 is 0 Å². The highest BCUT2D eigenvalue weighted by atomic mass is 14.4. The molecule has 0 spiro atoms. The van der Waals surface area contributed by atoms with E-state index in [0.29, 0.717) is 11.8 Å². The van der Waals surface area contributed by atoms with Crippen molar-refractivity contribution in [1.82, 2.24) is 0 Å². The molecule has 2 atom stereocenters. The smallest absolute Gasteiger partial charge is 0.0205 e. The molecule has 0 heteroatoms. The van der Waals surface area contributed by atoms with E-state index < -0.39 is 0 Å². The lowest BCUT2D eigenvalue weighted by Gasteiger charge is -2.43. The Labute approximate surface area is 141 Å². The van der Waals surface area contributed by atoms with Gasteiger partial charge in [-0.15, -0.1) is 0 Å². The summed E-state index contributed by atoms with van der Waals surface area (Å²) in [5, 5.41) is 0. The normalized spacial score (nSPS) is 24.7. The molecule has 2 aromatic rings. The first-order valence-electron chi connectivity index (χ1n) is 8.62. The molecule has 0 N–H and O–H groups in total. The summed E-state index contributed by atoms with van der Waals surface area (Å²) in [6, 6.07) is 17.6. The van der Waals surface area contributed by atoms with E-state index in [0.717, 1.165) is 0 Å². The maximum absolute atomic E-state index is 2.38. The Balaban J connectivity index is 1.69. The molecule has 112 valence electrons. The third kappa shape index (κ3) is 1.48. The predicted molar refractivity (Wildman–Crippen MR) is 101 cm³/mol. The summed E-state index contributed by atoms with van der Waals surface area (Å²) in [7, 11) is 0. The van der Waals surface area contributed by atoms with Crippen LogP contribution in [-0.4, -0.2) is 0 Å². The summed E-state index contributed by atoms with van der Waals surface area (Å²) in [6.07, 6.45) is 14.1. The molecule has 4 aliphatic carbocycles. The van der Waals surface area contributed by atoms with Crippen LogP contribution in [0.4, 0.5) is 0 Å². The molecular formula is C24H16. The van der Waals surface area contributed by atoms with Gasteiger partial charge in [0.1, 0.15) is 0 Å². The molecule has 0 saturated carbocycles. The van der Waals surface area contributed by atoms with Crippen molar-refractivity contribution in [2.45, 2.75) is 0 Å². The van der Waals surface area contributed by atoms with Crippen molar-refractivity contribution < 1.29 is 0 Å². The molecule has 6 rings (SSSR count). The van der Waals surface area contributed by atoms with Gasteiger partial charge in [0, 0.05) is 11.8 Å². The van der Waals surface area contributed by atoms with E-state index in [9.17, 15) is 0 Å². The molecule has 0 amide bonds. The first-order valence-corrected chi connectivity index (χ1v) is 8.62. The van der Waals surface area contributed by atoms with Crippen molar-refractivity contribution in [1.29, 1.82) is 0 Å². The van der Waals surface area contributed by atoms with E-state index in [1.807, 2.05) is 0 Å². The highest BCUT2D eigenvalue weighted by Crippen LogP contribution is 2.55. The van der Waals surface area contributed by atoms with Crippen molar-refractivity contribution in [2.24, 2.45) is 11.8 Å². The highest BCUT2D eigenvalue weighted by Gasteiger charge is 2.41. The molecule has 0 unspecified atom stereocenters. The molecule has 0 bridgehead atoms. The van der Waals surface area contributed by atoms with Gasteiger partial charge < -0.3 is 0 Å². The lowest BCUT2D eigenvalue weighted by Crippen LogP contribution is -2.29. The number of rotatable bonds is 0. The van der Waals surface area contributed by atoms with Gasteiger partial charge in [-0.3, -0.25) is 0 Å². The van der Waals surface area contributed by atoms with Crippen LogP contribution in [0.2, 0.25) is 0 Å². The second-order valence-corrected chi connectivity index (χ2v) is 7.00. The summed E-state index contributed by atoms with van der Waals surface area (Å²) in [5.74, 6) is 0.925. The Morgan fingerprint density at radius 2 is 1.00 bits per heavy atom. The predicted octanol–water partition coefficient (Wildman–Crippen LogP) is 5.76. The largest absolute Gasteiger partial charge is 0.0616 e. The van der Waals surface area contributed by atoms with Crippen LogP contribution in [0, 0.1) is 11.8 Å². The molecule has 0 aromatic heterocycles. The molecule has 0 nitrogen and oxygen atoms in total. The summed E-state index contributed by atoms with van der Waals surface area (Å²) >= 11 is 0. The first-order chi connectivity index (χ1) is 11.9. The van der Waals surface area contributed by atoms with E-state index in [1.165, 1.54) is 44.5 Å². The van der Waals surface area contributed by atoms with Crippen LogP contribution in [0.5, 0.6) is 0 Å². The van der Waals surface area contributed by atoms with Crippen LogP contribution in [0.1, 0.15) is 22.3 Å².